The number of carbonyl (C=O) groups excluding carboxylic acids is 2. The van der Waals surface area contributed by atoms with E-state index in [0.717, 1.165) is 42.3 Å². The summed E-state index contributed by atoms with van der Waals surface area (Å²) >= 11 is 0. The molecule has 0 aromatic heterocycles. The van der Waals surface area contributed by atoms with Crippen LogP contribution in [0.4, 0.5) is 10.1 Å². The highest BCUT2D eigenvalue weighted by Gasteiger charge is 2.26. The van der Waals surface area contributed by atoms with Gasteiger partial charge in [-0.05, 0) is 54.4 Å². The smallest absolute Gasteiger partial charge is 0.313 e. The van der Waals surface area contributed by atoms with Crippen LogP contribution >= 0.6 is 0 Å². The van der Waals surface area contributed by atoms with Gasteiger partial charge in [-0.25, -0.2) is 4.39 Å². The molecule has 2 N–H and O–H groups in total. The van der Waals surface area contributed by atoms with Gasteiger partial charge in [-0.1, -0.05) is 54.6 Å². The van der Waals surface area contributed by atoms with Crippen molar-refractivity contribution in [2.24, 2.45) is 0 Å². The number of carbonyl (C=O) groups is 2. The first-order valence-electron chi connectivity index (χ1n) is 10.2. The van der Waals surface area contributed by atoms with Crippen LogP contribution in [0.1, 0.15) is 24.4 Å². The molecule has 0 aliphatic carbocycles. The van der Waals surface area contributed by atoms with Crippen molar-refractivity contribution in [3.8, 4) is 0 Å². The highest BCUT2D eigenvalue weighted by atomic mass is 19.1. The Labute approximate surface area is 174 Å². The maximum atomic E-state index is 13.7. The summed E-state index contributed by atoms with van der Waals surface area (Å²) in [5.41, 5.74) is 1.12. The number of rotatable bonds is 5. The van der Waals surface area contributed by atoms with E-state index in [-0.39, 0.29) is 11.7 Å². The molecular formula is C24H24FN3O2. The molecule has 3 aromatic carbocycles. The molecule has 0 saturated carbocycles. The van der Waals surface area contributed by atoms with Crippen LogP contribution in [0, 0.1) is 5.82 Å². The summed E-state index contributed by atoms with van der Waals surface area (Å²) in [4.78, 5) is 27.0. The molecule has 0 radical (unpaired) electrons. The second-order valence-corrected chi connectivity index (χ2v) is 7.47. The van der Waals surface area contributed by atoms with Gasteiger partial charge in [-0.15, -0.1) is 0 Å². The van der Waals surface area contributed by atoms with E-state index < -0.39 is 17.6 Å². The second kappa shape index (κ2) is 9.05. The van der Waals surface area contributed by atoms with Gasteiger partial charge >= 0.3 is 11.8 Å². The zero-order valence-electron chi connectivity index (χ0n) is 16.6. The molecule has 3 aromatic rings. The van der Waals surface area contributed by atoms with Gasteiger partial charge in [0.25, 0.3) is 0 Å². The Kier molecular flexibility index (Phi) is 6.05. The highest BCUT2D eigenvalue weighted by molar-refractivity contribution is 6.39. The second-order valence-electron chi connectivity index (χ2n) is 7.47. The Hall–Kier alpha value is -3.25. The molecule has 1 atom stereocenters. The maximum Gasteiger partial charge on any atom is 0.313 e. The first-order chi connectivity index (χ1) is 14.6. The molecule has 0 unspecified atom stereocenters. The molecule has 30 heavy (non-hydrogen) atoms. The van der Waals surface area contributed by atoms with Gasteiger partial charge in [-0.2, -0.15) is 0 Å². The number of halogens is 1. The minimum Gasteiger partial charge on any atom is -0.346 e. The SMILES string of the molecule is O=C(NC[C@H](c1cccc2ccccc12)N1CCCC1)C(=O)Nc1ccccc1F. The number of para-hydroxylation sites is 1. The Balaban J connectivity index is 1.51. The fraction of sp³-hybridized carbons (Fsp3) is 0.250. The minimum absolute atomic E-state index is 0.0113. The van der Waals surface area contributed by atoms with Gasteiger partial charge in [0, 0.05) is 6.54 Å². The predicted octanol–water partition coefficient (Wildman–Crippen LogP) is 3.87. The molecule has 0 spiro atoms. The number of likely N-dealkylation sites (tertiary alicyclic amines) is 1. The zero-order valence-corrected chi connectivity index (χ0v) is 16.6. The molecule has 1 aliphatic heterocycles. The van der Waals surface area contributed by atoms with E-state index in [0.29, 0.717) is 6.54 Å². The number of nitrogens with zero attached hydrogens (tertiary/aromatic N) is 1. The van der Waals surface area contributed by atoms with Crippen LogP contribution in [-0.4, -0.2) is 36.3 Å². The topological polar surface area (TPSA) is 61.4 Å². The quantitative estimate of drug-likeness (QED) is 0.634. The third-order valence-corrected chi connectivity index (χ3v) is 5.55. The molecule has 5 nitrogen and oxygen atoms in total. The summed E-state index contributed by atoms with van der Waals surface area (Å²) in [5.74, 6) is -2.23. The van der Waals surface area contributed by atoms with Crippen molar-refractivity contribution >= 4 is 28.3 Å². The van der Waals surface area contributed by atoms with Gasteiger partial charge < -0.3 is 10.6 Å². The van der Waals surface area contributed by atoms with E-state index in [1.54, 1.807) is 6.07 Å². The largest absolute Gasteiger partial charge is 0.346 e. The molecule has 4 rings (SSSR count). The number of benzene rings is 3. The van der Waals surface area contributed by atoms with Crippen molar-refractivity contribution in [2.45, 2.75) is 18.9 Å². The van der Waals surface area contributed by atoms with E-state index >= 15 is 0 Å². The summed E-state index contributed by atoms with van der Waals surface area (Å²) in [7, 11) is 0. The molecule has 154 valence electrons. The fourth-order valence-electron chi connectivity index (χ4n) is 4.04. The number of anilines is 1. The summed E-state index contributed by atoms with van der Waals surface area (Å²) in [6.45, 7) is 2.20. The van der Waals surface area contributed by atoms with Crippen LogP contribution in [0.2, 0.25) is 0 Å². The summed E-state index contributed by atoms with van der Waals surface area (Å²) in [6, 6.07) is 20.1. The summed E-state index contributed by atoms with van der Waals surface area (Å²) < 4.78 is 13.7. The lowest BCUT2D eigenvalue weighted by Gasteiger charge is -2.29. The standard InChI is InChI=1S/C24H24FN3O2/c25-20-12-3-4-13-21(20)27-24(30)23(29)26-16-22(28-14-5-6-15-28)19-11-7-9-17-8-1-2-10-18(17)19/h1-4,7-13,22H,5-6,14-16H2,(H,26,29)(H,27,30)/t22-/m1/s1. The van der Waals surface area contributed by atoms with Crippen LogP contribution in [0.15, 0.2) is 66.7 Å². The van der Waals surface area contributed by atoms with Crippen molar-refractivity contribution in [3.05, 3.63) is 78.1 Å². The van der Waals surface area contributed by atoms with Crippen molar-refractivity contribution in [2.75, 3.05) is 25.0 Å². The van der Waals surface area contributed by atoms with Crippen molar-refractivity contribution in [1.82, 2.24) is 10.2 Å². The number of nitrogens with one attached hydrogen (secondary N) is 2. The van der Waals surface area contributed by atoms with E-state index in [2.05, 4.69) is 39.8 Å². The first-order valence-corrected chi connectivity index (χ1v) is 10.2. The number of hydrogen-bond acceptors (Lipinski definition) is 3. The van der Waals surface area contributed by atoms with Crippen LogP contribution in [0.5, 0.6) is 0 Å². The van der Waals surface area contributed by atoms with Crippen LogP contribution < -0.4 is 10.6 Å². The number of hydrogen-bond donors (Lipinski definition) is 2. The predicted molar refractivity (Wildman–Crippen MR) is 116 cm³/mol. The monoisotopic (exact) mass is 405 g/mol. The van der Waals surface area contributed by atoms with Crippen molar-refractivity contribution in [1.29, 1.82) is 0 Å². The van der Waals surface area contributed by atoms with E-state index in [1.165, 1.54) is 18.2 Å². The van der Waals surface area contributed by atoms with Gasteiger partial charge in [-0.3, -0.25) is 14.5 Å². The Bertz CT molecular complexity index is 1060. The summed E-state index contributed by atoms with van der Waals surface area (Å²) in [5, 5.41) is 7.36. The lowest BCUT2D eigenvalue weighted by molar-refractivity contribution is -0.136. The van der Waals surface area contributed by atoms with Gasteiger partial charge in [0.05, 0.1) is 11.7 Å². The Morgan fingerprint density at radius 2 is 1.60 bits per heavy atom. The third-order valence-electron chi connectivity index (χ3n) is 5.55. The molecular weight excluding hydrogens is 381 g/mol. The molecule has 1 saturated heterocycles. The number of amides is 2. The van der Waals surface area contributed by atoms with E-state index in [4.69, 9.17) is 0 Å². The zero-order chi connectivity index (χ0) is 20.9. The van der Waals surface area contributed by atoms with Gasteiger partial charge in [0.2, 0.25) is 0 Å². The van der Waals surface area contributed by atoms with Crippen molar-refractivity contribution in [3.63, 3.8) is 0 Å². The first kappa shape index (κ1) is 20.0. The van der Waals surface area contributed by atoms with Gasteiger partial charge in [0.1, 0.15) is 5.82 Å². The lowest BCUT2D eigenvalue weighted by Crippen LogP contribution is -2.41. The normalized spacial score (nSPS) is 15.1. The maximum absolute atomic E-state index is 13.7. The average Bonchev–Trinajstić information content (AvgIpc) is 3.30. The Morgan fingerprint density at radius 1 is 0.900 bits per heavy atom. The van der Waals surface area contributed by atoms with Gasteiger partial charge in [0.15, 0.2) is 0 Å². The van der Waals surface area contributed by atoms with E-state index in [1.807, 2.05) is 18.2 Å². The summed E-state index contributed by atoms with van der Waals surface area (Å²) in [6.07, 6.45) is 2.23. The molecule has 1 heterocycles. The molecule has 0 bridgehead atoms. The highest BCUT2D eigenvalue weighted by Crippen LogP contribution is 2.30. The fourth-order valence-corrected chi connectivity index (χ4v) is 4.04. The van der Waals surface area contributed by atoms with Crippen LogP contribution in [0.3, 0.4) is 0 Å². The Morgan fingerprint density at radius 3 is 2.40 bits per heavy atom. The minimum atomic E-state index is -0.877. The number of fused-ring (bicyclic) bond motifs is 1. The van der Waals surface area contributed by atoms with Crippen LogP contribution in [0.25, 0.3) is 10.8 Å². The lowest BCUT2D eigenvalue weighted by atomic mass is 9.97. The van der Waals surface area contributed by atoms with Crippen LogP contribution in [-0.2, 0) is 9.59 Å². The van der Waals surface area contributed by atoms with Crippen molar-refractivity contribution < 1.29 is 14.0 Å². The molecule has 1 aliphatic rings. The molecule has 1 fully saturated rings. The average molecular weight is 405 g/mol. The third kappa shape index (κ3) is 4.33. The van der Waals surface area contributed by atoms with E-state index in [9.17, 15) is 14.0 Å². The molecule has 2 amide bonds. The molecule has 6 heteroatoms.